The molecule has 174 valence electrons. The number of anilines is 2. The van der Waals surface area contributed by atoms with Gasteiger partial charge in [0.05, 0.1) is 17.2 Å². The summed E-state index contributed by atoms with van der Waals surface area (Å²) in [4.78, 5) is 14.4. The number of carbonyl (C=O) groups is 1. The lowest BCUT2D eigenvalue weighted by Crippen LogP contribution is -2.33. The van der Waals surface area contributed by atoms with E-state index in [0.29, 0.717) is 16.9 Å². The lowest BCUT2D eigenvalue weighted by Gasteiger charge is -2.23. The van der Waals surface area contributed by atoms with Gasteiger partial charge < -0.3 is 15.3 Å². The summed E-state index contributed by atoms with van der Waals surface area (Å²) in [5, 5.41) is 22.8. The van der Waals surface area contributed by atoms with Gasteiger partial charge in [-0.25, -0.2) is 0 Å². The molecule has 4 rings (SSSR count). The molecule has 0 saturated heterocycles. The third-order valence-electron chi connectivity index (χ3n) is 6.74. The Balaban J connectivity index is 1.79. The third kappa shape index (κ3) is 3.53. The number of halogens is 2. The second-order valence-electron chi connectivity index (χ2n) is 9.29. The van der Waals surface area contributed by atoms with Gasteiger partial charge in [0.15, 0.2) is 5.82 Å². The first-order valence-electron chi connectivity index (χ1n) is 10.8. The molecule has 2 heterocycles. The van der Waals surface area contributed by atoms with Gasteiger partial charge in [0, 0.05) is 29.1 Å². The van der Waals surface area contributed by atoms with E-state index in [4.69, 9.17) is 5.11 Å². The number of aryl methyl sites for hydroxylation is 1. The van der Waals surface area contributed by atoms with Crippen molar-refractivity contribution in [3.63, 3.8) is 0 Å². The average Bonchev–Trinajstić information content (AvgIpc) is 2.94. The van der Waals surface area contributed by atoms with Crippen LogP contribution >= 0.6 is 0 Å². The predicted molar refractivity (Wildman–Crippen MR) is 125 cm³/mol. The maximum atomic E-state index is 14.2. The molecule has 3 aromatic rings. The molecule has 0 unspecified atom stereocenters. The van der Waals surface area contributed by atoms with E-state index in [0.717, 1.165) is 27.7 Å². The lowest BCUT2D eigenvalue weighted by atomic mass is 9.85. The summed E-state index contributed by atoms with van der Waals surface area (Å²) in [5.74, 6) is -2.79. The van der Waals surface area contributed by atoms with Gasteiger partial charge in [-0.2, -0.15) is 13.9 Å². The normalized spacial score (nSPS) is 16.3. The number of likely N-dealkylation sites (N-methyl/N-ethyl adjacent to an activating group) is 1. The number of hydrogen-bond acceptors (Lipinski definition) is 5. The van der Waals surface area contributed by atoms with Gasteiger partial charge in [0.2, 0.25) is 5.91 Å². The predicted octanol–water partition coefficient (Wildman–Crippen LogP) is 4.76. The molecule has 8 heteroatoms. The van der Waals surface area contributed by atoms with E-state index in [9.17, 15) is 13.6 Å². The Kier molecular flexibility index (Phi) is 5.40. The number of aromatic nitrogens is 2. The molecule has 6 nitrogen and oxygen atoms in total. The second kappa shape index (κ2) is 7.73. The van der Waals surface area contributed by atoms with Crippen molar-refractivity contribution in [2.75, 3.05) is 23.9 Å². The number of rotatable bonds is 5. The first-order valence-corrected chi connectivity index (χ1v) is 10.8. The van der Waals surface area contributed by atoms with Crippen molar-refractivity contribution in [2.24, 2.45) is 0 Å². The summed E-state index contributed by atoms with van der Waals surface area (Å²) in [6.45, 7) is 7.93. The number of aliphatic hydroxyl groups excluding tert-OH is 1. The molecular formula is C25H28F2N4O2. The first-order chi connectivity index (χ1) is 15.4. The fourth-order valence-corrected chi connectivity index (χ4v) is 4.73. The van der Waals surface area contributed by atoms with E-state index >= 15 is 0 Å². The van der Waals surface area contributed by atoms with Crippen LogP contribution in [0, 0.1) is 13.8 Å². The Bertz CT molecular complexity index is 1270. The van der Waals surface area contributed by atoms with Gasteiger partial charge in [0.25, 0.3) is 5.92 Å². The van der Waals surface area contributed by atoms with Gasteiger partial charge >= 0.3 is 0 Å². The fourth-order valence-electron chi connectivity index (χ4n) is 4.73. The molecule has 2 N–H and O–H groups in total. The topological polar surface area (TPSA) is 78.4 Å². The number of aliphatic hydroxyl groups is 1. The number of benzene rings is 2. The maximum absolute atomic E-state index is 14.2. The highest BCUT2D eigenvalue weighted by Crippen LogP contribution is 2.44. The molecule has 0 saturated carbocycles. The van der Waals surface area contributed by atoms with Gasteiger partial charge in [-0.05, 0) is 63.4 Å². The average molecular weight is 455 g/mol. The van der Waals surface area contributed by atoms with E-state index < -0.39 is 17.9 Å². The maximum Gasteiger partial charge on any atom is 0.296 e. The molecule has 1 aromatic heterocycles. The van der Waals surface area contributed by atoms with Crippen molar-refractivity contribution in [3.8, 4) is 0 Å². The molecule has 0 radical (unpaired) electrons. The van der Waals surface area contributed by atoms with Gasteiger partial charge in [-0.3, -0.25) is 4.79 Å². The summed E-state index contributed by atoms with van der Waals surface area (Å²) in [6.07, 6.45) is 0. The minimum Gasteiger partial charge on any atom is -0.390 e. The highest BCUT2D eigenvalue weighted by molar-refractivity contribution is 6.10. The van der Waals surface area contributed by atoms with Crippen molar-refractivity contribution in [2.45, 2.75) is 52.0 Å². The monoisotopic (exact) mass is 454 g/mol. The Labute approximate surface area is 191 Å². The quantitative estimate of drug-likeness (QED) is 0.581. The Morgan fingerprint density at radius 2 is 1.88 bits per heavy atom. The number of nitrogens with one attached hydrogen (secondary N) is 1. The largest absolute Gasteiger partial charge is 0.390 e. The highest BCUT2D eigenvalue weighted by atomic mass is 19.3. The van der Waals surface area contributed by atoms with Crippen molar-refractivity contribution in [1.29, 1.82) is 0 Å². The SMILES string of the molecule is Cc1c([C@@H](C)Nc2nnc(C)c3cc4c(cc23)N(C)C(=O)C4(C)C)cccc1C(F)(F)CO. The van der Waals surface area contributed by atoms with Crippen LogP contribution in [0.3, 0.4) is 0 Å². The van der Waals surface area contributed by atoms with Crippen LogP contribution in [0.2, 0.25) is 0 Å². The number of nitrogens with zero attached hydrogens (tertiary/aromatic N) is 3. The van der Waals surface area contributed by atoms with Crippen LogP contribution in [0.5, 0.6) is 0 Å². The lowest BCUT2D eigenvalue weighted by molar-refractivity contribution is -0.121. The minimum atomic E-state index is -3.32. The van der Waals surface area contributed by atoms with Gasteiger partial charge in [-0.15, -0.1) is 5.10 Å². The number of carbonyl (C=O) groups excluding carboxylic acids is 1. The summed E-state index contributed by atoms with van der Waals surface area (Å²) in [6, 6.07) is 8.26. The number of alkyl halides is 2. The molecule has 1 aliphatic heterocycles. The zero-order valence-electron chi connectivity index (χ0n) is 19.6. The highest BCUT2D eigenvalue weighted by Gasteiger charge is 2.42. The van der Waals surface area contributed by atoms with Crippen LogP contribution in [0.4, 0.5) is 20.3 Å². The smallest absolute Gasteiger partial charge is 0.296 e. The van der Waals surface area contributed by atoms with Crippen LogP contribution in [0.1, 0.15) is 54.8 Å². The minimum absolute atomic E-state index is 0.0199. The summed E-state index contributed by atoms with van der Waals surface area (Å²) >= 11 is 0. The molecule has 1 amide bonds. The molecule has 33 heavy (non-hydrogen) atoms. The van der Waals surface area contributed by atoms with Crippen LogP contribution < -0.4 is 10.2 Å². The summed E-state index contributed by atoms with van der Waals surface area (Å²) < 4.78 is 28.4. The van der Waals surface area contributed by atoms with E-state index in [-0.39, 0.29) is 17.5 Å². The van der Waals surface area contributed by atoms with Gasteiger partial charge in [0.1, 0.15) is 6.61 Å². The number of hydrogen-bond donors (Lipinski definition) is 2. The van der Waals surface area contributed by atoms with Crippen molar-refractivity contribution >= 4 is 28.2 Å². The molecule has 0 spiro atoms. The van der Waals surface area contributed by atoms with Crippen molar-refractivity contribution < 1.29 is 18.7 Å². The molecule has 0 aliphatic carbocycles. The van der Waals surface area contributed by atoms with Crippen molar-refractivity contribution in [1.82, 2.24) is 10.2 Å². The molecule has 0 bridgehead atoms. The number of fused-ring (bicyclic) bond motifs is 2. The molecular weight excluding hydrogens is 426 g/mol. The third-order valence-corrected chi connectivity index (χ3v) is 6.74. The van der Waals surface area contributed by atoms with E-state index in [1.165, 1.54) is 6.07 Å². The zero-order chi connectivity index (χ0) is 24.3. The second-order valence-corrected chi connectivity index (χ2v) is 9.29. The Morgan fingerprint density at radius 3 is 2.55 bits per heavy atom. The Hall–Kier alpha value is -3.13. The van der Waals surface area contributed by atoms with Crippen LogP contribution in [0.25, 0.3) is 10.8 Å². The van der Waals surface area contributed by atoms with Gasteiger partial charge in [-0.1, -0.05) is 18.2 Å². The Morgan fingerprint density at radius 1 is 1.18 bits per heavy atom. The zero-order valence-corrected chi connectivity index (χ0v) is 19.6. The first kappa shape index (κ1) is 23.0. The molecule has 0 fully saturated rings. The number of amides is 1. The molecule has 1 atom stereocenters. The van der Waals surface area contributed by atoms with Crippen molar-refractivity contribution in [3.05, 3.63) is 58.3 Å². The summed E-state index contributed by atoms with van der Waals surface area (Å²) in [7, 11) is 1.76. The van der Waals surface area contributed by atoms with Crippen LogP contribution in [0.15, 0.2) is 30.3 Å². The summed E-state index contributed by atoms with van der Waals surface area (Å²) in [5.41, 5.74) is 2.75. The molecule has 1 aliphatic rings. The standard InChI is InChI=1S/C25H28F2N4O2/c1-13-16(8-7-9-19(13)25(26,27)12-32)14(2)28-22-18-11-21-20(10-17(18)15(3)29-30-22)24(4,5)23(33)31(21)6/h7-11,14,32H,12H2,1-6H3,(H,28,30)/t14-/m1/s1. The van der Waals surface area contributed by atoms with E-state index in [1.807, 2.05) is 39.8 Å². The van der Waals surface area contributed by atoms with Crippen LogP contribution in [-0.2, 0) is 16.1 Å². The van der Waals surface area contributed by atoms with Crippen LogP contribution in [-0.4, -0.2) is 34.9 Å². The molecule has 2 aromatic carbocycles. The fraction of sp³-hybridized carbons (Fsp3) is 0.400. The van der Waals surface area contributed by atoms with E-state index in [1.54, 1.807) is 31.0 Å². The van der Waals surface area contributed by atoms with E-state index in [2.05, 4.69) is 15.5 Å².